The van der Waals surface area contributed by atoms with Gasteiger partial charge in [-0.3, -0.25) is 9.59 Å². The molecule has 1 fully saturated rings. The van der Waals surface area contributed by atoms with Crippen LogP contribution >= 0.6 is 0 Å². The summed E-state index contributed by atoms with van der Waals surface area (Å²) in [5, 5.41) is 2.60. The van der Waals surface area contributed by atoms with E-state index in [4.69, 9.17) is 0 Å². The molecule has 1 aliphatic heterocycles. The Balaban J connectivity index is 2.71. The molecule has 18 heavy (non-hydrogen) atoms. The average Bonchev–Trinajstić information content (AvgIpc) is 2.37. The number of hydrogen-bond donors (Lipinski definition) is 1. The Morgan fingerprint density at radius 2 is 1.83 bits per heavy atom. The van der Waals surface area contributed by atoms with Gasteiger partial charge in [-0.05, 0) is 6.42 Å². The molecule has 0 bridgehead atoms. The molecule has 102 valence electrons. The van der Waals surface area contributed by atoms with Crippen LogP contribution in [-0.4, -0.2) is 56.2 Å². The predicted molar refractivity (Wildman–Crippen MR) is 61.7 cm³/mol. The molecule has 1 N–H and O–H groups in total. The first kappa shape index (κ1) is 14.3. The van der Waals surface area contributed by atoms with Crippen LogP contribution in [0.15, 0.2) is 0 Å². The molecule has 0 aliphatic carbocycles. The van der Waals surface area contributed by atoms with Gasteiger partial charge < -0.3 is 19.7 Å². The third kappa shape index (κ3) is 3.61. The van der Waals surface area contributed by atoms with E-state index in [1.165, 1.54) is 26.0 Å². The highest BCUT2D eigenvalue weighted by atomic mass is 16.5. The van der Waals surface area contributed by atoms with Crippen molar-refractivity contribution in [2.45, 2.75) is 19.4 Å². The topological polar surface area (TPSA) is 84.9 Å². The van der Waals surface area contributed by atoms with Gasteiger partial charge in [-0.2, -0.15) is 0 Å². The van der Waals surface area contributed by atoms with Gasteiger partial charge in [-0.25, -0.2) is 4.79 Å². The Morgan fingerprint density at radius 1 is 1.17 bits per heavy atom. The lowest BCUT2D eigenvalue weighted by atomic mass is 9.94. The van der Waals surface area contributed by atoms with Crippen LogP contribution in [0.3, 0.4) is 0 Å². The number of amides is 2. The molecule has 1 rings (SSSR count). The lowest BCUT2D eigenvalue weighted by Gasteiger charge is -2.36. The fraction of sp³-hybridized carbons (Fsp3) is 0.727. The molecule has 0 radical (unpaired) electrons. The predicted octanol–water partition coefficient (Wildman–Crippen LogP) is -0.248. The minimum atomic E-state index is -0.575. The fourth-order valence-electron chi connectivity index (χ4n) is 2.02. The highest BCUT2D eigenvalue weighted by molar-refractivity contribution is 5.77. The summed E-state index contributed by atoms with van der Waals surface area (Å²) in [5.41, 5.74) is 0. The smallest absolute Gasteiger partial charge is 0.407 e. The van der Waals surface area contributed by atoms with Gasteiger partial charge in [-0.15, -0.1) is 0 Å². The number of rotatable bonds is 2. The van der Waals surface area contributed by atoms with Crippen LogP contribution < -0.4 is 5.32 Å². The maximum absolute atomic E-state index is 11.5. The molecule has 1 saturated heterocycles. The van der Waals surface area contributed by atoms with Crippen molar-refractivity contribution in [2.75, 3.05) is 27.3 Å². The van der Waals surface area contributed by atoms with E-state index in [0.717, 1.165) is 0 Å². The SMILES string of the molecule is COC(=O)NC1CC(C(=O)OC)CN(C(C)=O)C1. The van der Waals surface area contributed by atoms with Crippen LogP contribution in [0, 0.1) is 5.92 Å². The van der Waals surface area contributed by atoms with Gasteiger partial charge >= 0.3 is 12.1 Å². The lowest BCUT2D eigenvalue weighted by Crippen LogP contribution is -2.53. The maximum Gasteiger partial charge on any atom is 0.407 e. The van der Waals surface area contributed by atoms with Crippen LogP contribution in [0.5, 0.6) is 0 Å². The Hall–Kier alpha value is -1.79. The molecule has 7 heteroatoms. The third-order valence-corrected chi connectivity index (χ3v) is 2.94. The summed E-state index contributed by atoms with van der Waals surface area (Å²) in [6.07, 6.45) is -0.139. The van der Waals surface area contributed by atoms with Gasteiger partial charge in [0.2, 0.25) is 5.91 Å². The minimum absolute atomic E-state index is 0.139. The minimum Gasteiger partial charge on any atom is -0.469 e. The number of nitrogens with zero attached hydrogens (tertiary/aromatic N) is 1. The van der Waals surface area contributed by atoms with E-state index in [1.54, 1.807) is 0 Å². The number of piperidine rings is 1. The zero-order chi connectivity index (χ0) is 13.7. The van der Waals surface area contributed by atoms with Crippen LogP contribution in [0.1, 0.15) is 13.3 Å². The van der Waals surface area contributed by atoms with E-state index in [0.29, 0.717) is 19.5 Å². The van der Waals surface area contributed by atoms with Crippen LogP contribution in [0.4, 0.5) is 4.79 Å². The summed E-state index contributed by atoms with van der Waals surface area (Å²) in [7, 11) is 2.57. The number of likely N-dealkylation sites (tertiary alicyclic amines) is 1. The second-order valence-electron chi connectivity index (χ2n) is 4.21. The van der Waals surface area contributed by atoms with Gasteiger partial charge in [0.15, 0.2) is 0 Å². The number of alkyl carbamates (subject to hydrolysis) is 1. The van der Waals surface area contributed by atoms with Crippen LogP contribution in [0.25, 0.3) is 0 Å². The first-order valence-corrected chi connectivity index (χ1v) is 5.65. The van der Waals surface area contributed by atoms with E-state index < -0.39 is 12.0 Å². The highest BCUT2D eigenvalue weighted by Crippen LogP contribution is 2.18. The highest BCUT2D eigenvalue weighted by Gasteiger charge is 2.34. The van der Waals surface area contributed by atoms with Crippen molar-refractivity contribution in [3.63, 3.8) is 0 Å². The first-order chi connectivity index (χ1) is 8.47. The number of ether oxygens (including phenoxy) is 2. The molecule has 0 aromatic rings. The van der Waals surface area contributed by atoms with Crippen molar-refractivity contribution >= 4 is 18.0 Å². The number of hydrogen-bond acceptors (Lipinski definition) is 5. The molecular formula is C11H18N2O5. The van der Waals surface area contributed by atoms with Crippen molar-refractivity contribution in [1.29, 1.82) is 0 Å². The molecule has 1 aliphatic rings. The van der Waals surface area contributed by atoms with Crippen molar-refractivity contribution in [3.8, 4) is 0 Å². The summed E-state index contributed by atoms with van der Waals surface area (Å²) in [4.78, 5) is 35.6. The molecule has 1 heterocycles. The summed E-state index contributed by atoms with van der Waals surface area (Å²) in [6, 6.07) is -0.306. The Bertz CT molecular complexity index is 344. The van der Waals surface area contributed by atoms with E-state index in [1.807, 2.05) is 0 Å². The third-order valence-electron chi connectivity index (χ3n) is 2.94. The summed E-state index contributed by atoms with van der Waals surface area (Å²) < 4.78 is 9.18. The standard InChI is InChI=1S/C11H18N2O5/c1-7(14)13-5-8(10(15)17-2)4-9(6-13)12-11(16)18-3/h8-9H,4-6H2,1-3H3,(H,12,16). The Morgan fingerprint density at radius 3 is 2.33 bits per heavy atom. The van der Waals surface area contributed by atoms with Crippen molar-refractivity contribution in [1.82, 2.24) is 10.2 Å². The number of carbonyl (C=O) groups excluding carboxylic acids is 3. The Labute approximate surface area is 105 Å². The van der Waals surface area contributed by atoms with E-state index in [2.05, 4.69) is 14.8 Å². The first-order valence-electron chi connectivity index (χ1n) is 5.65. The number of carbonyl (C=O) groups is 3. The monoisotopic (exact) mass is 258 g/mol. The maximum atomic E-state index is 11.5. The van der Waals surface area contributed by atoms with E-state index in [-0.39, 0.29) is 17.9 Å². The molecule has 0 spiro atoms. The summed E-state index contributed by atoms with van der Waals surface area (Å²) in [6.45, 7) is 2.12. The molecule has 2 unspecified atom stereocenters. The summed E-state index contributed by atoms with van der Waals surface area (Å²) in [5.74, 6) is -0.937. The molecule has 2 amide bonds. The van der Waals surface area contributed by atoms with Crippen molar-refractivity contribution in [2.24, 2.45) is 5.92 Å². The quantitative estimate of drug-likeness (QED) is 0.690. The molecule has 0 saturated carbocycles. The van der Waals surface area contributed by atoms with E-state index in [9.17, 15) is 14.4 Å². The van der Waals surface area contributed by atoms with Crippen LogP contribution in [-0.2, 0) is 19.1 Å². The van der Waals surface area contributed by atoms with Crippen molar-refractivity contribution < 1.29 is 23.9 Å². The fourth-order valence-corrected chi connectivity index (χ4v) is 2.02. The van der Waals surface area contributed by atoms with Gasteiger partial charge in [0, 0.05) is 20.0 Å². The van der Waals surface area contributed by atoms with Gasteiger partial charge in [-0.1, -0.05) is 0 Å². The molecule has 0 aromatic heterocycles. The largest absolute Gasteiger partial charge is 0.469 e. The van der Waals surface area contributed by atoms with Gasteiger partial charge in [0.1, 0.15) is 0 Å². The van der Waals surface area contributed by atoms with Gasteiger partial charge in [0.05, 0.1) is 26.2 Å². The molecular weight excluding hydrogens is 240 g/mol. The van der Waals surface area contributed by atoms with E-state index >= 15 is 0 Å². The second kappa shape index (κ2) is 6.23. The zero-order valence-electron chi connectivity index (χ0n) is 10.8. The number of nitrogens with one attached hydrogen (secondary N) is 1. The number of esters is 1. The average molecular weight is 258 g/mol. The zero-order valence-corrected chi connectivity index (χ0v) is 10.8. The lowest BCUT2D eigenvalue weighted by molar-refractivity contribution is -0.149. The molecule has 7 nitrogen and oxygen atoms in total. The molecule has 2 atom stereocenters. The summed E-state index contributed by atoms with van der Waals surface area (Å²) >= 11 is 0. The normalized spacial score (nSPS) is 23.2. The molecule has 0 aromatic carbocycles. The van der Waals surface area contributed by atoms with Crippen LogP contribution in [0.2, 0.25) is 0 Å². The van der Waals surface area contributed by atoms with Gasteiger partial charge in [0.25, 0.3) is 0 Å². The Kier molecular flexibility index (Phi) is 4.94. The number of methoxy groups -OCH3 is 2. The second-order valence-corrected chi connectivity index (χ2v) is 4.21. The van der Waals surface area contributed by atoms with Crippen molar-refractivity contribution in [3.05, 3.63) is 0 Å².